The predicted octanol–water partition coefficient (Wildman–Crippen LogP) is 6.67. The normalized spacial score (nSPS) is 17.9. The van der Waals surface area contributed by atoms with Crippen LogP contribution in [0.4, 0.5) is 0 Å². The summed E-state index contributed by atoms with van der Waals surface area (Å²) in [5.41, 5.74) is 0.159. The van der Waals surface area contributed by atoms with Crippen LogP contribution >= 0.6 is 8.53 Å². The number of nitrogens with zero attached hydrogens (tertiary/aromatic N) is 3. The Morgan fingerprint density at radius 1 is 0.964 bits per heavy atom. The monoisotopic (exact) mass is 770 g/mol. The quantitative estimate of drug-likeness (QED) is 0.0389. The molecule has 5 rings (SSSR count). The molecule has 0 saturated carbocycles. The zero-order valence-electron chi connectivity index (χ0n) is 32.5. The number of aliphatic imine (C=N–C) groups is 1. The lowest BCUT2D eigenvalue weighted by atomic mass is 9.80. The molecule has 0 amide bonds. The molecule has 0 aliphatic carbocycles. The van der Waals surface area contributed by atoms with E-state index in [9.17, 15) is 9.59 Å². The van der Waals surface area contributed by atoms with Gasteiger partial charge in [0.2, 0.25) is 0 Å². The maximum Gasteiger partial charge on any atom is 0.330 e. The van der Waals surface area contributed by atoms with Gasteiger partial charge in [-0.3, -0.25) is 14.3 Å². The van der Waals surface area contributed by atoms with Crippen LogP contribution in [-0.4, -0.2) is 79.2 Å². The molecule has 3 aromatic carbocycles. The molecule has 1 fully saturated rings. The van der Waals surface area contributed by atoms with E-state index >= 15 is 0 Å². The number of H-pyrrole nitrogens is 1. The summed E-state index contributed by atoms with van der Waals surface area (Å²) in [6.07, 6.45) is 7.51. The molecule has 1 N–H and O–H groups in total. The fourth-order valence-electron chi connectivity index (χ4n) is 6.77. The average Bonchev–Trinajstić information content (AvgIpc) is 3.59. The molecule has 4 aromatic rings. The van der Waals surface area contributed by atoms with Gasteiger partial charge < -0.3 is 33.0 Å². The molecule has 0 radical (unpaired) electrons. The van der Waals surface area contributed by atoms with E-state index in [1.165, 1.54) is 10.8 Å². The lowest BCUT2D eigenvalue weighted by Crippen LogP contribution is -2.39. The summed E-state index contributed by atoms with van der Waals surface area (Å²) in [6, 6.07) is 25.7. The third-order valence-electron chi connectivity index (χ3n) is 9.36. The van der Waals surface area contributed by atoms with Crippen molar-refractivity contribution in [1.82, 2.24) is 14.2 Å². The second-order valence-electron chi connectivity index (χ2n) is 13.5. The summed E-state index contributed by atoms with van der Waals surface area (Å²) in [5, 5.41) is 0. The van der Waals surface area contributed by atoms with Crippen LogP contribution in [-0.2, 0) is 24.1 Å². The van der Waals surface area contributed by atoms with Crippen LogP contribution < -0.4 is 20.7 Å². The van der Waals surface area contributed by atoms with Crippen molar-refractivity contribution >= 4 is 14.7 Å². The zero-order valence-corrected chi connectivity index (χ0v) is 33.4. The summed E-state index contributed by atoms with van der Waals surface area (Å²) >= 11 is 0. The molecule has 12 nitrogen and oxygen atoms in total. The second kappa shape index (κ2) is 19.3. The first-order valence-electron chi connectivity index (χ1n) is 18.3. The van der Waals surface area contributed by atoms with Gasteiger partial charge in [-0.25, -0.2) is 9.46 Å². The smallest absolute Gasteiger partial charge is 0.330 e. The molecule has 4 atom stereocenters. The molecule has 0 bridgehead atoms. The van der Waals surface area contributed by atoms with Crippen molar-refractivity contribution < 1.29 is 28.0 Å². The van der Waals surface area contributed by atoms with Gasteiger partial charge in [-0.15, -0.1) is 6.42 Å². The molecule has 292 valence electrons. The molecule has 1 aliphatic rings. The van der Waals surface area contributed by atoms with Crippen LogP contribution in [0.25, 0.3) is 0 Å². The van der Waals surface area contributed by atoms with Crippen LogP contribution in [0.1, 0.15) is 69.0 Å². The van der Waals surface area contributed by atoms with Gasteiger partial charge in [0, 0.05) is 44.4 Å². The van der Waals surface area contributed by atoms with Crippen LogP contribution in [0.5, 0.6) is 11.5 Å². The Morgan fingerprint density at radius 3 is 2.07 bits per heavy atom. The van der Waals surface area contributed by atoms with Gasteiger partial charge in [0.25, 0.3) is 14.1 Å². The molecule has 0 spiro atoms. The number of methoxy groups -OCH3 is 2. The Morgan fingerprint density at radius 2 is 1.55 bits per heavy atom. The Labute approximate surface area is 324 Å². The average molecular weight is 771 g/mol. The highest BCUT2D eigenvalue weighted by molar-refractivity contribution is 7.44. The molecule has 2 heterocycles. The highest BCUT2D eigenvalue weighted by Crippen LogP contribution is 2.50. The Balaban J connectivity index is 1.61. The number of aromatic nitrogens is 2. The van der Waals surface area contributed by atoms with E-state index in [0.29, 0.717) is 24.5 Å². The van der Waals surface area contributed by atoms with Crippen molar-refractivity contribution in [3.8, 4) is 23.8 Å². The van der Waals surface area contributed by atoms with Gasteiger partial charge in [0.15, 0.2) is 0 Å². The number of nitrogens with one attached hydrogen (secondary N) is 1. The van der Waals surface area contributed by atoms with E-state index < -0.39 is 43.8 Å². The highest BCUT2D eigenvalue weighted by atomic mass is 31.2. The molecular weight excluding hydrogens is 719 g/mol. The maximum absolute atomic E-state index is 13.2. The Kier molecular flexibility index (Phi) is 14.6. The van der Waals surface area contributed by atoms with Gasteiger partial charge in [0.05, 0.1) is 33.5 Å². The first-order chi connectivity index (χ1) is 26.6. The number of rotatable bonds is 18. The molecule has 55 heavy (non-hydrogen) atoms. The molecule has 4 unspecified atom stereocenters. The molecule has 1 aromatic heterocycles. The first-order valence-corrected chi connectivity index (χ1v) is 19.4. The summed E-state index contributed by atoms with van der Waals surface area (Å²) in [7, 11) is 3.37. The van der Waals surface area contributed by atoms with E-state index in [-0.39, 0.29) is 30.7 Å². The number of aromatic amines is 1. The van der Waals surface area contributed by atoms with Gasteiger partial charge in [-0.05, 0) is 68.7 Å². The minimum Gasteiger partial charge on any atom is -0.497 e. The predicted molar refractivity (Wildman–Crippen MR) is 215 cm³/mol. The summed E-state index contributed by atoms with van der Waals surface area (Å²) < 4.78 is 41.9. The largest absolute Gasteiger partial charge is 0.497 e. The van der Waals surface area contributed by atoms with Gasteiger partial charge in [0.1, 0.15) is 35.0 Å². The number of terminal acetylenes is 1. The number of hydrogen-bond acceptors (Lipinski definition) is 10. The van der Waals surface area contributed by atoms with Gasteiger partial charge in [-0.1, -0.05) is 60.5 Å². The van der Waals surface area contributed by atoms with Crippen molar-refractivity contribution in [3.05, 3.63) is 128 Å². The van der Waals surface area contributed by atoms with E-state index in [0.717, 1.165) is 16.7 Å². The van der Waals surface area contributed by atoms with Crippen molar-refractivity contribution in [2.75, 3.05) is 34.5 Å². The van der Waals surface area contributed by atoms with Crippen molar-refractivity contribution in [2.45, 2.75) is 76.7 Å². The number of ether oxygens (including phenoxy) is 4. The minimum absolute atomic E-state index is 0.0106. The van der Waals surface area contributed by atoms with Crippen LogP contribution in [0.2, 0.25) is 0 Å². The van der Waals surface area contributed by atoms with E-state index in [2.05, 4.69) is 48.3 Å². The van der Waals surface area contributed by atoms with E-state index in [1.54, 1.807) is 27.5 Å². The van der Waals surface area contributed by atoms with Gasteiger partial charge in [-0.2, -0.15) is 0 Å². The lowest BCUT2D eigenvalue weighted by Gasteiger charge is -2.39. The third kappa shape index (κ3) is 9.62. The molecule has 1 saturated heterocycles. The van der Waals surface area contributed by atoms with Crippen LogP contribution in [0.15, 0.2) is 99.6 Å². The van der Waals surface area contributed by atoms with Crippen molar-refractivity contribution in [2.24, 2.45) is 4.99 Å². The fourth-order valence-corrected chi connectivity index (χ4v) is 8.54. The van der Waals surface area contributed by atoms with Gasteiger partial charge >= 0.3 is 5.69 Å². The van der Waals surface area contributed by atoms with Crippen LogP contribution in [0.3, 0.4) is 0 Å². The van der Waals surface area contributed by atoms with E-state index in [1.807, 2.05) is 78.9 Å². The fraction of sp³-hybridized carbons (Fsp3) is 0.405. The van der Waals surface area contributed by atoms with E-state index in [4.69, 9.17) is 34.4 Å². The maximum atomic E-state index is 13.2. The molecular formula is C42H51N4O8P. The van der Waals surface area contributed by atoms with Crippen molar-refractivity contribution in [1.29, 1.82) is 0 Å². The minimum atomic E-state index is -1.62. The topological polar surface area (TPSA) is 126 Å². The summed E-state index contributed by atoms with van der Waals surface area (Å²) in [4.78, 5) is 32.1. The third-order valence-corrected chi connectivity index (χ3v) is 11.5. The first kappa shape index (κ1) is 41.6. The van der Waals surface area contributed by atoms with Crippen LogP contribution in [0, 0.1) is 12.3 Å². The lowest BCUT2D eigenvalue weighted by molar-refractivity contribution is -0.0925. The Bertz CT molecular complexity index is 1950. The summed E-state index contributed by atoms with van der Waals surface area (Å²) in [5.74, 6) is 3.77. The molecule has 1 aliphatic heterocycles. The Hall–Kier alpha value is -4.60. The van der Waals surface area contributed by atoms with Crippen molar-refractivity contribution in [3.63, 3.8) is 0 Å². The number of hydrogen-bond donors (Lipinski definition) is 1. The SMILES string of the molecule is C#Cc1cn(C2CC(OP(OCCC=NC)N(C(C)C)C(C)C)C(COC(c3ccccc3)(c3ccc(OC)cc3)c3ccc(OC)cc3)O2)c(=O)[nH]c1=O. The highest BCUT2D eigenvalue weighted by Gasteiger charge is 2.45. The number of benzene rings is 3. The zero-order chi connectivity index (χ0) is 39.5. The second-order valence-corrected chi connectivity index (χ2v) is 15.0. The summed E-state index contributed by atoms with van der Waals surface area (Å²) in [6.45, 7) is 8.83. The molecule has 13 heteroatoms. The standard InChI is InChI=1S/C42H51N4O8P/c1-9-31-27-45(41(48)44-40(31)47)39-26-37(54-55(52-25-13-24-43-6)46(29(2)3)30(4)5)38(53-39)28-51-42(32-14-11-10-12-15-32,33-16-20-35(49-7)21-17-33)34-18-22-36(50-8)23-19-34/h1,10-12,14-24,27,29-30,37-39H,13,25-26,28H2,2-8H3,(H,44,47,48).